The fourth-order valence-corrected chi connectivity index (χ4v) is 4.92. The number of fused-ring (bicyclic) bond motifs is 1. The zero-order valence-electron chi connectivity index (χ0n) is 19.9. The van der Waals surface area contributed by atoms with Gasteiger partial charge >= 0.3 is 17.9 Å². The Balaban J connectivity index is 1.91. The lowest BCUT2D eigenvalue weighted by molar-refractivity contribution is -0.136. The minimum atomic E-state index is -0.814. The van der Waals surface area contributed by atoms with Crippen molar-refractivity contribution in [3.63, 3.8) is 0 Å². The molecular weight excluding hydrogens is 484 g/mol. The van der Waals surface area contributed by atoms with Crippen LogP contribution in [0.4, 0.5) is 0 Å². The number of carbonyl (C=O) groups is 3. The molecule has 0 saturated heterocycles. The first kappa shape index (κ1) is 24.8. The monoisotopic (exact) mass is 506 g/mol. The lowest BCUT2D eigenvalue weighted by atomic mass is 9.96. The smallest absolute Gasteiger partial charge is 0.338 e. The Labute approximate surface area is 209 Å². The highest BCUT2D eigenvalue weighted by Crippen LogP contribution is 2.31. The van der Waals surface area contributed by atoms with Crippen molar-refractivity contribution in [1.29, 1.82) is 0 Å². The van der Waals surface area contributed by atoms with E-state index in [1.54, 1.807) is 61.5 Å². The van der Waals surface area contributed by atoms with E-state index in [0.717, 1.165) is 11.3 Å². The summed E-state index contributed by atoms with van der Waals surface area (Å²) in [5, 5.41) is 0. The van der Waals surface area contributed by atoms with Crippen LogP contribution in [0.5, 0.6) is 11.5 Å². The Bertz CT molecular complexity index is 1580. The van der Waals surface area contributed by atoms with Crippen molar-refractivity contribution in [3.8, 4) is 11.5 Å². The van der Waals surface area contributed by atoms with Gasteiger partial charge in [0.2, 0.25) is 0 Å². The van der Waals surface area contributed by atoms with Crippen LogP contribution in [0.15, 0.2) is 69.6 Å². The average molecular weight is 507 g/mol. The normalized spacial score (nSPS) is 15.1. The zero-order valence-corrected chi connectivity index (χ0v) is 20.8. The molecule has 184 valence electrons. The molecule has 2 aromatic carbocycles. The van der Waals surface area contributed by atoms with Crippen LogP contribution in [-0.4, -0.2) is 29.6 Å². The molecule has 0 radical (unpaired) electrons. The largest absolute Gasteiger partial charge is 0.466 e. The molecule has 1 aromatic heterocycles. The third-order valence-corrected chi connectivity index (χ3v) is 6.33. The molecule has 1 atom stereocenters. The van der Waals surface area contributed by atoms with Crippen LogP contribution < -0.4 is 24.4 Å². The van der Waals surface area contributed by atoms with Crippen LogP contribution in [0.2, 0.25) is 0 Å². The summed E-state index contributed by atoms with van der Waals surface area (Å²) in [7, 11) is 1.26. The quantitative estimate of drug-likeness (QED) is 0.385. The van der Waals surface area contributed by atoms with Gasteiger partial charge in [-0.2, -0.15) is 0 Å². The van der Waals surface area contributed by atoms with Gasteiger partial charge in [-0.3, -0.25) is 19.0 Å². The van der Waals surface area contributed by atoms with E-state index in [2.05, 4.69) is 4.99 Å². The predicted octanol–water partition coefficient (Wildman–Crippen LogP) is 2.26. The number of benzene rings is 2. The highest BCUT2D eigenvalue weighted by Gasteiger charge is 2.33. The molecule has 0 fully saturated rings. The number of carbonyl (C=O) groups excluding carboxylic acids is 3. The van der Waals surface area contributed by atoms with Gasteiger partial charge in [-0.15, -0.1) is 0 Å². The average Bonchev–Trinajstić information content (AvgIpc) is 3.13. The van der Waals surface area contributed by atoms with Crippen LogP contribution in [0.1, 0.15) is 37.9 Å². The Hall–Kier alpha value is -4.31. The topological polar surface area (TPSA) is 113 Å². The summed E-state index contributed by atoms with van der Waals surface area (Å²) in [6.45, 7) is 4.28. The van der Waals surface area contributed by atoms with Crippen molar-refractivity contribution in [3.05, 3.63) is 90.6 Å². The second-order valence-electron chi connectivity index (χ2n) is 7.87. The number of nitrogens with zero attached hydrogens (tertiary/aromatic N) is 2. The molecule has 9 nitrogen and oxygen atoms in total. The zero-order chi connectivity index (χ0) is 26.0. The third kappa shape index (κ3) is 4.89. The van der Waals surface area contributed by atoms with Gasteiger partial charge in [-0.25, -0.2) is 9.79 Å². The molecule has 4 rings (SSSR count). The van der Waals surface area contributed by atoms with E-state index >= 15 is 0 Å². The van der Waals surface area contributed by atoms with Gasteiger partial charge in [0.25, 0.3) is 5.56 Å². The maximum Gasteiger partial charge on any atom is 0.338 e. The number of methoxy groups -OCH3 is 1. The summed E-state index contributed by atoms with van der Waals surface area (Å²) in [5.41, 5.74) is 1.41. The van der Waals surface area contributed by atoms with Crippen molar-refractivity contribution in [1.82, 2.24) is 4.57 Å². The standard InChI is InChI=1S/C26H22N2O7S/c1-14-22(25(32)33-4)23(17-9-11-19(12-10-17)34-15(2)29)28-24(31)21(36-26(28)27-14)13-18-7-5-6-8-20(18)35-16(3)30/h5-13,23H,1-4H3/b21-13-/t23-/m0/s1. The second kappa shape index (κ2) is 10.1. The Morgan fingerprint density at radius 2 is 1.67 bits per heavy atom. The molecule has 3 aromatic rings. The summed E-state index contributed by atoms with van der Waals surface area (Å²) in [5.74, 6) is -0.899. The number of hydrogen-bond donors (Lipinski definition) is 0. The summed E-state index contributed by atoms with van der Waals surface area (Å²) in [6.07, 6.45) is 1.63. The maximum atomic E-state index is 13.6. The first-order valence-electron chi connectivity index (χ1n) is 10.9. The van der Waals surface area contributed by atoms with E-state index in [1.807, 2.05) is 0 Å². The number of esters is 3. The number of para-hydroxylation sites is 1. The Morgan fingerprint density at radius 3 is 2.31 bits per heavy atom. The van der Waals surface area contributed by atoms with Crippen molar-refractivity contribution in [2.45, 2.75) is 26.8 Å². The first-order chi connectivity index (χ1) is 17.2. The van der Waals surface area contributed by atoms with Gasteiger partial charge in [0, 0.05) is 19.4 Å². The molecule has 1 aliphatic heterocycles. The summed E-state index contributed by atoms with van der Waals surface area (Å²) < 4.78 is 17.2. The number of ether oxygens (including phenoxy) is 3. The minimum Gasteiger partial charge on any atom is -0.466 e. The Morgan fingerprint density at radius 1 is 1.00 bits per heavy atom. The van der Waals surface area contributed by atoms with Gasteiger partial charge in [0.05, 0.1) is 29.0 Å². The van der Waals surface area contributed by atoms with Crippen LogP contribution >= 0.6 is 11.3 Å². The number of hydrogen-bond acceptors (Lipinski definition) is 9. The molecular formula is C26H22N2O7S. The van der Waals surface area contributed by atoms with Crippen LogP contribution in [0.3, 0.4) is 0 Å². The molecule has 0 aliphatic carbocycles. The number of thiazole rings is 1. The molecule has 36 heavy (non-hydrogen) atoms. The molecule has 0 spiro atoms. The lowest BCUT2D eigenvalue weighted by Crippen LogP contribution is -2.39. The summed E-state index contributed by atoms with van der Waals surface area (Å²) in [4.78, 5) is 54.1. The van der Waals surface area contributed by atoms with E-state index in [-0.39, 0.29) is 11.1 Å². The first-order valence-corrected chi connectivity index (χ1v) is 11.7. The number of allylic oxidation sites excluding steroid dienone is 1. The number of rotatable bonds is 5. The van der Waals surface area contributed by atoms with E-state index in [0.29, 0.717) is 37.7 Å². The van der Waals surface area contributed by atoms with Gasteiger partial charge in [-0.05, 0) is 36.8 Å². The van der Waals surface area contributed by atoms with Crippen molar-refractivity contribution >= 4 is 35.3 Å². The highest BCUT2D eigenvalue weighted by molar-refractivity contribution is 7.07. The van der Waals surface area contributed by atoms with E-state index in [9.17, 15) is 19.2 Å². The predicted molar refractivity (Wildman–Crippen MR) is 131 cm³/mol. The Kier molecular flexibility index (Phi) is 6.98. The third-order valence-electron chi connectivity index (χ3n) is 5.34. The van der Waals surface area contributed by atoms with Crippen molar-refractivity contribution < 1.29 is 28.6 Å². The minimum absolute atomic E-state index is 0.219. The molecule has 0 amide bonds. The molecule has 2 heterocycles. The maximum absolute atomic E-state index is 13.6. The van der Waals surface area contributed by atoms with Gasteiger partial charge in [0.1, 0.15) is 11.5 Å². The van der Waals surface area contributed by atoms with Gasteiger partial charge in [0.15, 0.2) is 4.80 Å². The van der Waals surface area contributed by atoms with E-state index in [4.69, 9.17) is 14.2 Å². The molecule has 10 heteroatoms. The fourth-order valence-electron chi connectivity index (χ4n) is 3.88. The van der Waals surface area contributed by atoms with Crippen LogP contribution in [0.25, 0.3) is 6.08 Å². The summed E-state index contributed by atoms with van der Waals surface area (Å²) in [6, 6.07) is 12.6. The summed E-state index contributed by atoms with van der Waals surface area (Å²) >= 11 is 1.15. The van der Waals surface area contributed by atoms with Crippen molar-refractivity contribution in [2.24, 2.45) is 4.99 Å². The molecule has 0 N–H and O–H groups in total. The molecule has 0 saturated carbocycles. The highest BCUT2D eigenvalue weighted by atomic mass is 32.1. The molecule has 1 aliphatic rings. The fraction of sp³-hybridized carbons (Fsp3) is 0.192. The van der Waals surface area contributed by atoms with Crippen LogP contribution in [-0.2, 0) is 19.1 Å². The van der Waals surface area contributed by atoms with Crippen LogP contribution in [0, 0.1) is 0 Å². The lowest BCUT2D eigenvalue weighted by Gasteiger charge is -2.24. The van der Waals surface area contributed by atoms with Crippen molar-refractivity contribution in [2.75, 3.05) is 7.11 Å². The second-order valence-corrected chi connectivity index (χ2v) is 8.88. The molecule has 0 bridgehead atoms. The van der Waals surface area contributed by atoms with E-state index < -0.39 is 23.9 Å². The SMILES string of the molecule is COC(=O)C1=C(C)N=c2s/c(=C\c3ccccc3OC(C)=O)c(=O)n2[C@H]1c1ccc(OC(C)=O)cc1. The van der Waals surface area contributed by atoms with Gasteiger partial charge in [-0.1, -0.05) is 41.7 Å². The number of aromatic nitrogens is 1. The molecule has 0 unspecified atom stereocenters. The van der Waals surface area contributed by atoms with Gasteiger partial charge < -0.3 is 14.2 Å². The van der Waals surface area contributed by atoms with E-state index in [1.165, 1.54) is 25.5 Å².